The second kappa shape index (κ2) is 4.57. The Kier molecular flexibility index (Phi) is 2.96. The monoisotopic (exact) mass is 213 g/mol. The van der Waals surface area contributed by atoms with Gasteiger partial charge in [0.2, 0.25) is 0 Å². The second-order valence-electron chi connectivity index (χ2n) is 3.47. The minimum atomic E-state index is 0.0267. The van der Waals surface area contributed by atoms with Crippen LogP contribution in [0.3, 0.4) is 0 Å². The summed E-state index contributed by atoms with van der Waals surface area (Å²) < 4.78 is 0. The minimum absolute atomic E-state index is 0.0267. The first kappa shape index (κ1) is 10.4. The Morgan fingerprint density at radius 1 is 1.12 bits per heavy atom. The summed E-state index contributed by atoms with van der Waals surface area (Å²) in [7, 11) is 0. The van der Waals surface area contributed by atoms with E-state index in [0.717, 1.165) is 0 Å². The van der Waals surface area contributed by atoms with Crippen molar-refractivity contribution in [1.29, 1.82) is 0 Å². The molecule has 1 aromatic carbocycles. The molecule has 0 atom stereocenters. The molecular weight excluding hydrogens is 202 g/mol. The maximum absolute atomic E-state index is 11.8. The van der Waals surface area contributed by atoms with Gasteiger partial charge in [-0.2, -0.15) is 0 Å². The lowest BCUT2D eigenvalue weighted by atomic mass is 10.1. The SMILES string of the molecule is O=C(Cc1ccc(O)cn1)c1ccccc1. The van der Waals surface area contributed by atoms with Crippen LogP contribution in [0.1, 0.15) is 16.1 Å². The first-order valence-electron chi connectivity index (χ1n) is 4.98. The van der Waals surface area contributed by atoms with Gasteiger partial charge in [-0.3, -0.25) is 9.78 Å². The number of aromatic hydroxyl groups is 1. The summed E-state index contributed by atoms with van der Waals surface area (Å²) in [5, 5.41) is 9.06. The van der Waals surface area contributed by atoms with Crippen molar-refractivity contribution >= 4 is 5.78 Å². The lowest BCUT2D eigenvalue weighted by Crippen LogP contribution is -2.04. The van der Waals surface area contributed by atoms with Crippen LogP contribution in [0.2, 0.25) is 0 Å². The highest BCUT2D eigenvalue weighted by Gasteiger charge is 2.06. The van der Waals surface area contributed by atoms with E-state index in [1.54, 1.807) is 18.2 Å². The molecule has 0 spiro atoms. The molecule has 1 heterocycles. The predicted molar refractivity (Wildman–Crippen MR) is 60.4 cm³/mol. The zero-order chi connectivity index (χ0) is 11.4. The first-order valence-corrected chi connectivity index (χ1v) is 4.98. The highest BCUT2D eigenvalue weighted by Crippen LogP contribution is 2.09. The summed E-state index contributed by atoms with van der Waals surface area (Å²) in [6.07, 6.45) is 1.60. The van der Waals surface area contributed by atoms with Gasteiger partial charge in [0.1, 0.15) is 5.75 Å². The van der Waals surface area contributed by atoms with E-state index in [1.165, 1.54) is 12.3 Å². The molecule has 0 amide bonds. The number of hydrogen-bond donors (Lipinski definition) is 1. The summed E-state index contributed by atoms with van der Waals surface area (Å²) >= 11 is 0. The molecule has 3 nitrogen and oxygen atoms in total. The smallest absolute Gasteiger partial charge is 0.168 e. The summed E-state index contributed by atoms with van der Waals surface area (Å²) in [6, 6.07) is 12.3. The summed E-state index contributed by atoms with van der Waals surface area (Å²) in [4.78, 5) is 15.8. The molecule has 2 aromatic rings. The van der Waals surface area contributed by atoms with Gasteiger partial charge in [-0.15, -0.1) is 0 Å². The van der Waals surface area contributed by atoms with Crippen LogP contribution in [0.4, 0.5) is 0 Å². The van der Waals surface area contributed by atoms with E-state index in [-0.39, 0.29) is 18.0 Å². The van der Waals surface area contributed by atoms with Crippen LogP contribution in [-0.4, -0.2) is 15.9 Å². The first-order chi connectivity index (χ1) is 7.75. The number of ketones is 1. The van der Waals surface area contributed by atoms with E-state index < -0.39 is 0 Å². The van der Waals surface area contributed by atoms with E-state index in [0.29, 0.717) is 11.3 Å². The van der Waals surface area contributed by atoms with Crippen LogP contribution in [0.15, 0.2) is 48.7 Å². The van der Waals surface area contributed by atoms with E-state index in [9.17, 15) is 4.79 Å². The number of carbonyl (C=O) groups excluding carboxylic acids is 1. The summed E-state index contributed by atoms with van der Waals surface area (Å²) in [5.41, 5.74) is 1.34. The van der Waals surface area contributed by atoms with Gasteiger partial charge >= 0.3 is 0 Å². The van der Waals surface area contributed by atoms with Crippen LogP contribution < -0.4 is 0 Å². The molecule has 0 fully saturated rings. The molecule has 3 heteroatoms. The van der Waals surface area contributed by atoms with Crippen molar-refractivity contribution in [2.24, 2.45) is 0 Å². The van der Waals surface area contributed by atoms with E-state index in [2.05, 4.69) is 4.98 Å². The average molecular weight is 213 g/mol. The van der Waals surface area contributed by atoms with Gasteiger partial charge in [-0.1, -0.05) is 30.3 Å². The standard InChI is InChI=1S/C13H11NO2/c15-12-7-6-11(14-9-12)8-13(16)10-4-2-1-3-5-10/h1-7,9,15H,8H2. The van der Waals surface area contributed by atoms with Crippen molar-refractivity contribution in [3.05, 3.63) is 59.9 Å². The third-order valence-electron chi connectivity index (χ3n) is 2.25. The quantitative estimate of drug-likeness (QED) is 0.795. The fraction of sp³-hybridized carbons (Fsp3) is 0.0769. The Balaban J connectivity index is 2.11. The highest BCUT2D eigenvalue weighted by atomic mass is 16.3. The molecule has 0 unspecified atom stereocenters. The molecule has 0 radical (unpaired) electrons. The van der Waals surface area contributed by atoms with Crippen molar-refractivity contribution in [2.75, 3.05) is 0 Å². The Bertz CT molecular complexity index is 477. The Hall–Kier alpha value is -2.16. The topological polar surface area (TPSA) is 50.2 Å². The fourth-order valence-electron chi connectivity index (χ4n) is 1.41. The van der Waals surface area contributed by atoms with Gasteiger partial charge in [-0.25, -0.2) is 0 Å². The number of carbonyl (C=O) groups is 1. The normalized spacial score (nSPS) is 10.0. The molecule has 0 saturated heterocycles. The Labute approximate surface area is 93.4 Å². The third kappa shape index (κ3) is 2.45. The van der Waals surface area contributed by atoms with Gasteiger partial charge < -0.3 is 5.11 Å². The summed E-state index contributed by atoms with van der Waals surface area (Å²) in [5.74, 6) is 0.134. The number of pyridine rings is 1. The maximum atomic E-state index is 11.8. The number of hydrogen-bond acceptors (Lipinski definition) is 3. The van der Waals surface area contributed by atoms with Crippen molar-refractivity contribution in [2.45, 2.75) is 6.42 Å². The summed E-state index contributed by atoms with van der Waals surface area (Å²) in [6.45, 7) is 0. The molecule has 0 saturated carbocycles. The molecule has 0 aliphatic carbocycles. The van der Waals surface area contributed by atoms with E-state index in [4.69, 9.17) is 5.11 Å². The fourth-order valence-corrected chi connectivity index (χ4v) is 1.41. The Morgan fingerprint density at radius 2 is 1.88 bits per heavy atom. The van der Waals surface area contributed by atoms with Crippen molar-refractivity contribution in [3.63, 3.8) is 0 Å². The number of benzene rings is 1. The molecule has 1 aromatic heterocycles. The molecule has 16 heavy (non-hydrogen) atoms. The average Bonchev–Trinajstić information content (AvgIpc) is 2.33. The molecule has 80 valence electrons. The van der Waals surface area contributed by atoms with Crippen molar-refractivity contribution in [1.82, 2.24) is 4.98 Å². The zero-order valence-corrected chi connectivity index (χ0v) is 8.63. The third-order valence-corrected chi connectivity index (χ3v) is 2.25. The number of rotatable bonds is 3. The molecule has 2 rings (SSSR count). The molecule has 0 bridgehead atoms. The van der Waals surface area contributed by atoms with E-state index in [1.807, 2.05) is 18.2 Å². The highest BCUT2D eigenvalue weighted by molar-refractivity contribution is 5.97. The maximum Gasteiger partial charge on any atom is 0.168 e. The number of nitrogens with zero attached hydrogens (tertiary/aromatic N) is 1. The molecule has 0 aliphatic heterocycles. The van der Waals surface area contributed by atoms with Crippen LogP contribution in [0.5, 0.6) is 5.75 Å². The van der Waals surface area contributed by atoms with Crippen LogP contribution in [-0.2, 0) is 6.42 Å². The largest absolute Gasteiger partial charge is 0.506 e. The van der Waals surface area contributed by atoms with Crippen LogP contribution >= 0.6 is 0 Å². The molecule has 0 aliphatic rings. The van der Waals surface area contributed by atoms with Crippen LogP contribution in [0.25, 0.3) is 0 Å². The minimum Gasteiger partial charge on any atom is -0.506 e. The lowest BCUT2D eigenvalue weighted by molar-refractivity contribution is 0.0992. The molecular formula is C13H11NO2. The van der Waals surface area contributed by atoms with Gasteiger partial charge in [0.05, 0.1) is 12.6 Å². The Morgan fingerprint density at radius 3 is 2.50 bits per heavy atom. The van der Waals surface area contributed by atoms with E-state index >= 15 is 0 Å². The van der Waals surface area contributed by atoms with Crippen LogP contribution in [0, 0.1) is 0 Å². The van der Waals surface area contributed by atoms with Gasteiger partial charge in [0.25, 0.3) is 0 Å². The van der Waals surface area contributed by atoms with Crippen molar-refractivity contribution < 1.29 is 9.90 Å². The predicted octanol–water partition coefficient (Wildman–Crippen LogP) is 2.21. The zero-order valence-electron chi connectivity index (χ0n) is 8.63. The lowest BCUT2D eigenvalue weighted by Gasteiger charge is -2.00. The van der Waals surface area contributed by atoms with Gasteiger partial charge in [0, 0.05) is 11.3 Å². The molecule has 1 N–H and O–H groups in total. The second-order valence-corrected chi connectivity index (χ2v) is 3.47. The van der Waals surface area contributed by atoms with Gasteiger partial charge in [0.15, 0.2) is 5.78 Å². The van der Waals surface area contributed by atoms with Crippen molar-refractivity contribution in [3.8, 4) is 5.75 Å². The van der Waals surface area contributed by atoms with Gasteiger partial charge in [-0.05, 0) is 12.1 Å². The number of aromatic nitrogens is 1. The number of Topliss-reactive ketones (excluding diaryl/α,β-unsaturated/α-hetero) is 1.